The van der Waals surface area contributed by atoms with Crippen LogP contribution in [0.2, 0.25) is 0 Å². The number of amides is 3. The zero-order valence-corrected chi connectivity index (χ0v) is 13.1. The lowest BCUT2D eigenvalue weighted by Crippen LogP contribution is -2.44. The van der Waals surface area contributed by atoms with Gasteiger partial charge in [-0.2, -0.15) is 0 Å². The van der Waals surface area contributed by atoms with Crippen LogP contribution in [0.3, 0.4) is 0 Å². The lowest BCUT2D eigenvalue weighted by molar-refractivity contribution is -0.127. The zero-order valence-electron chi connectivity index (χ0n) is 13.1. The van der Waals surface area contributed by atoms with E-state index in [1.807, 2.05) is 31.2 Å². The number of nitrogens with one attached hydrogen (secondary N) is 2. The van der Waals surface area contributed by atoms with Gasteiger partial charge in [-0.25, -0.2) is 4.79 Å². The molecule has 1 fully saturated rings. The van der Waals surface area contributed by atoms with Crippen LogP contribution in [-0.2, 0) is 16.1 Å². The Bertz CT molecular complexity index is 533. The van der Waals surface area contributed by atoms with E-state index < -0.39 is 0 Å². The Morgan fingerprint density at radius 3 is 2.86 bits per heavy atom. The first-order chi connectivity index (χ1) is 10.6. The summed E-state index contributed by atoms with van der Waals surface area (Å²) in [4.78, 5) is 25.5. The molecule has 6 heteroatoms. The third-order valence-electron chi connectivity index (χ3n) is 3.61. The van der Waals surface area contributed by atoms with E-state index >= 15 is 0 Å². The van der Waals surface area contributed by atoms with E-state index in [0.29, 0.717) is 19.6 Å². The number of urea groups is 1. The van der Waals surface area contributed by atoms with E-state index in [1.165, 1.54) is 0 Å². The number of ether oxygens (including phenoxy) is 1. The van der Waals surface area contributed by atoms with Gasteiger partial charge in [0, 0.05) is 43.9 Å². The summed E-state index contributed by atoms with van der Waals surface area (Å²) in [5.74, 6) is 0.166. The maximum absolute atomic E-state index is 12.1. The molecule has 1 aliphatic heterocycles. The maximum Gasteiger partial charge on any atom is 0.319 e. The van der Waals surface area contributed by atoms with Crippen molar-refractivity contribution in [3.05, 3.63) is 29.8 Å². The van der Waals surface area contributed by atoms with Crippen LogP contribution >= 0.6 is 0 Å². The van der Waals surface area contributed by atoms with Crippen molar-refractivity contribution in [1.82, 2.24) is 10.2 Å². The average molecular weight is 305 g/mol. The number of para-hydroxylation sites is 1. The van der Waals surface area contributed by atoms with E-state index in [1.54, 1.807) is 12.0 Å². The van der Waals surface area contributed by atoms with Gasteiger partial charge in [-0.3, -0.25) is 4.79 Å². The summed E-state index contributed by atoms with van der Waals surface area (Å²) in [5.41, 5.74) is 1.65. The third-order valence-corrected chi connectivity index (χ3v) is 3.61. The van der Waals surface area contributed by atoms with Gasteiger partial charge < -0.3 is 20.3 Å². The fourth-order valence-corrected chi connectivity index (χ4v) is 2.58. The molecule has 1 aliphatic rings. The SMILES string of the molecule is COCc1ccccc1NC(=O)N[C@H](C)CN1CCCC1=O. The molecular formula is C16H23N3O3. The van der Waals surface area contributed by atoms with E-state index in [9.17, 15) is 9.59 Å². The summed E-state index contributed by atoms with van der Waals surface area (Å²) in [6.45, 7) is 3.66. The average Bonchev–Trinajstić information content (AvgIpc) is 2.86. The van der Waals surface area contributed by atoms with E-state index in [-0.39, 0.29) is 18.0 Å². The zero-order chi connectivity index (χ0) is 15.9. The van der Waals surface area contributed by atoms with Crippen LogP contribution in [0, 0.1) is 0 Å². The van der Waals surface area contributed by atoms with Crippen LogP contribution < -0.4 is 10.6 Å². The molecule has 2 N–H and O–H groups in total. The molecule has 3 amide bonds. The molecule has 1 saturated heterocycles. The number of carbonyl (C=O) groups is 2. The van der Waals surface area contributed by atoms with Gasteiger partial charge in [-0.1, -0.05) is 18.2 Å². The van der Waals surface area contributed by atoms with Gasteiger partial charge in [0.25, 0.3) is 0 Å². The number of nitrogens with zero attached hydrogens (tertiary/aromatic N) is 1. The van der Waals surface area contributed by atoms with E-state index in [4.69, 9.17) is 4.74 Å². The van der Waals surface area contributed by atoms with Crippen molar-refractivity contribution in [2.24, 2.45) is 0 Å². The van der Waals surface area contributed by atoms with E-state index in [2.05, 4.69) is 10.6 Å². The molecule has 0 unspecified atom stereocenters. The first kappa shape index (κ1) is 16.3. The molecule has 1 atom stereocenters. The number of methoxy groups -OCH3 is 1. The highest BCUT2D eigenvalue weighted by atomic mass is 16.5. The summed E-state index contributed by atoms with van der Waals surface area (Å²) in [6, 6.07) is 7.13. The molecule has 120 valence electrons. The molecule has 0 spiro atoms. The third kappa shape index (κ3) is 4.46. The number of hydrogen-bond acceptors (Lipinski definition) is 3. The minimum Gasteiger partial charge on any atom is -0.380 e. The number of likely N-dealkylation sites (tertiary alicyclic amines) is 1. The first-order valence-corrected chi connectivity index (χ1v) is 7.52. The topological polar surface area (TPSA) is 70.7 Å². The van der Waals surface area contributed by atoms with Crippen molar-refractivity contribution in [2.75, 3.05) is 25.5 Å². The van der Waals surface area contributed by atoms with Gasteiger partial charge in [-0.05, 0) is 19.4 Å². The molecule has 6 nitrogen and oxygen atoms in total. The van der Waals surface area contributed by atoms with Crippen LogP contribution in [0.25, 0.3) is 0 Å². The normalized spacial score (nSPS) is 15.7. The Morgan fingerprint density at radius 2 is 2.18 bits per heavy atom. The highest BCUT2D eigenvalue weighted by Crippen LogP contribution is 2.15. The van der Waals surface area contributed by atoms with Gasteiger partial charge in [-0.15, -0.1) is 0 Å². The summed E-state index contributed by atoms with van der Waals surface area (Å²) in [5, 5.41) is 5.69. The summed E-state index contributed by atoms with van der Waals surface area (Å²) >= 11 is 0. The smallest absolute Gasteiger partial charge is 0.319 e. The molecule has 0 saturated carbocycles. The van der Waals surface area contributed by atoms with Gasteiger partial charge in [0.15, 0.2) is 0 Å². The first-order valence-electron chi connectivity index (χ1n) is 7.52. The van der Waals surface area contributed by atoms with Gasteiger partial charge in [0.2, 0.25) is 5.91 Å². The number of hydrogen-bond donors (Lipinski definition) is 2. The van der Waals surface area contributed by atoms with Crippen molar-refractivity contribution in [2.45, 2.75) is 32.4 Å². The molecule has 0 bridgehead atoms. The van der Waals surface area contributed by atoms with Crippen LogP contribution in [0.15, 0.2) is 24.3 Å². The van der Waals surface area contributed by atoms with Crippen LogP contribution in [0.1, 0.15) is 25.3 Å². The Balaban J connectivity index is 1.86. The Morgan fingerprint density at radius 1 is 1.41 bits per heavy atom. The van der Waals surface area contributed by atoms with Gasteiger partial charge in [0.05, 0.1) is 6.61 Å². The summed E-state index contributed by atoms with van der Waals surface area (Å²) in [7, 11) is 1.62. The molecular weight excluding hydrogens is 282 g/mol. The molecule has 0 radical (unpaired) electrons. The Kier molecular flexibility index (Phi) is 5.77. The fourth-order valence-electron chi connectivity index (χ4n) is 2.58. The molecule has 1 aromatic carbocycles. The van der Waals surface area contributed by atoms with E-state index in [0.717, 1.165) is 24.2 Å². The van der Waals surface area contributed by atoms with Crippen molar-refractivity contribution in [3.63, 3.8) is 0 Å². The fraction of sp³-hybridized carbons (Fsp3) is 0.500. The lowest BCUT2D eigenvalue weighted by Gasteiger charge is -2.22. The maximum atomic E-state index is 12.1. The predicted molar refractivity (Wildman–Crippen MR) is 84.6 cm³/mol. The van der Waals surface area contributed by atoms with Gasteiger partial charge >= 0.3 is 6.03 Å². The summed E-state index contributed by atoms with van der Waals surface area (Å²) < 4.78 is 5.12. The van der Waals surface area contributed by atoms with Crippen LogP contribution in [0.5, 0.6) is 0 Å². The molecule has 22 heavy (non-hydrogen) atoms. The van der Waals surface area contributed by atoms with Crippen molar-refractivity contribution in [3.8, 4) is 0 Å². The number of carbonyl (C=O) groups excluding carboxylic acids is 2. The predicted octanol–water partition coefficient (Wildman–Crippen LogP) is 1.97. The molecule has 0 aromatic heterocycles. The number of anilines is 1. The van der Waals surface area contributed by atoms with Crippen molar-refractivity contribution < 1.29 is 14.3 Å². The number of benzene rings is 1. The summed E-state index contributed by atoms with van der Waals surface area (Å²) in [6.07, 6.45) is 1.52. The second-order valence-corrected chi connectivity index (χ2v) is 5.53. The second-order valence-electron chi connectivity index (χ2n) is 5.53. The van der Waals surface area contributed by atoms with Crippen molar-refractivity contribution >= 4 is 17.6 Å². The molecule has 1 heterocycles. The monoisotopic (exact) mass is 305 g/mol. The van der Waals surface area contributed by atoms with Crippen LogP contribution in [0.4, 0.5) is 10.5 Å². The molecule has 0 aliphatic carbocycles. The number of rotatable bonds is 6. The Labute approximate surface area is 130 Å². The highest BCUT2D eigenvalue weighted by Gasteiger charge is 2.22. The Hall–Kier alpha value is -2.08. The standard InChI is InChI=1S/C16H23N3O3/c1-12(10-19-9-5-8-15(19)20)17-16(21)18-14-7-4-3-6-13(14)11-22-2/h3-4,6-7,12H,5,8-11H2,1-2H3,(H2,17,18,21)/t12-/m1/s1. The highest BCUT2D eigenvalue weighted by molar-refractivity contribution is 5.90. The lowest BCUT2D eigenvalue weighted by atomic mass is 10.2. The molecule has 1 aromatic rings. The quantitative estimate of drug-likeness (QED) is 0.844. The second kappa shape index (κ2) is 7.79. The largest absolute Gasteiger partial charge is 0.380 e. The van der Waals surface area contributed by atoms with Crippen LogP contribution in [-0.4, -0.2) is 43.1 Å². The minimum absolute atomic E-state index is 0.100. The molecule has 2 rings (SSSR count). The minimum atomic E-state index is -0.275. The van der Waals surface area contributed by atoms with Gasteiger partial charge in [0.1, 0.15) is 0 Å². The van der Waals surface area contributed by atoms with Crippen molar-refractivity contribution in [1.29, 1.82) is 0 Å².